The number of aromatic amines is 1. The molecule has 2 amide bonds. The summed E-state index contributed by atoms with van der Waals surface area (Å²) < 4.78 is 3.44. The third-order valence-corrected chi connectivity index (χ3v) is 5.50. The number of carbonyl (C=O) groups is 1. The van der Waals surface area contributed by atoms with Gasteiger partial charge in [-0.15, -0.1) is 0 Å². The van der Waals surface area contributed by atoms with Crippen molar-refractivity contribution in [3.63, 3.8) is 0 Å². The highest BCUT2D eigenvalue weighted by Crippen LogP contribution is 2.36. The second-order valence-electron chi connectivity index (χ2n) is 7.65. The van der Waals surface area contributed by atoms with Gasteiger partial charge in [-0.1, -0.05) is 0 Å². The van der Waals surface area contributed by atoms with Crippen molar-refractivity contribution in [2.45, 2.75) is 13.3 Å². The molecule has 4 aromatic rings. The minimum atomic E-state index is -0.337. The summed E-state index contributed by atoms with van der Waals surface area (Å²) in [6.45, 7) is 3.08. The first-order valence-electron chi connectivity index (χ1n) is 10.4. The van der Waals surface area contributed by atoms with E-state index in [1.54, 1.807) is 19.4 Å². The number of nitrogens with one attached hydrogen (secondary N) is 3. The van der Waals surface area contributed by atoms with Crippen molar-refractivity contribution >= 4 is 46.1 Å². The van der Waals surface area contributed by atoms with E-state index in [9.17, 15) is 9.59 Å². The number of rotatable bonds is 4. The van der Waals surface area contributed by atoms with Crippen LogP contribution in [0.5, 0.6) is 0 Å². The van der Waals surface area contributed by atoms with Crippen LogP contribution >= 0.6 is 0 Å². The van der Waals surface area contributed by atoms with Gasteiger partial charge < -0.3 is 14.9 Å². The molecule has 3 aromatic heterocycles. The van der Waals surface area contributed by atoms with Gasteiger partial charge in [-0.3, -0.25) is 19.7 Å². The number of hydrazone groups is 1. The number of hydrogen-bond acceptors (Lipinski definition) is 6. The topological polar surface area (TPSA) is 125 Å². The highest BCUT2D eigenvalue weighted by Gasteiger charge is 2.20. The van der Waals surface area contributed by atoms with Crippen LogP contribution in [0.2, 0.25) is 0 Å². The SMILES string of the molecule is CCNC(=O)Nc1nc2c(N3CCC=N3)cc(-c3cc(=O)n(C)c4ncn(C)c34)cc2[nH]1. The van der Waals surface area contributed by atoms with E-state index in [1.807, 2.05) is 41.9 Å². The molecule has 4 heterocycles. The van der Waals surface area contributed by atoms with Crippen LogP contribution in [-0.2, 0) is 14.1 Å². The zero-order valence-corrected chi connectivity index (χ0v) is 18.0. The number of H-pyrrole nitrogens is 1. The molecule has 0 spiro atoms. The summed E-state index contributed by atoms with van der Waals surface area (Å²) in [6, 6.07) is 5.18. The number of nitrogens with zero attached hydrogens (tertiary/aromatic N) is 6. The Bertz CT molecular complexity index is 1440. The highest BCUT2D eigenvalue weighted by atomic mass is 16.2. The molecule has 0 unspecified atom stereocenters. The Morgan fingerprint density at radius 1 is 1.25 bits per heavy atom. The largest absolute Gasteiger partial charge is 0.338 e. The summed E-state index contributed by atoms with van der Waals surface area (Å²) in [5, 5.41) is 11.8. The van der Waals surface area contributed by atoms with E-state index in [-0.39, 0.29) is 11.6 Å². The third kappa shape index (κ3) is 3.18. The summed E-state index contributed by atoms with van der Waals surface area (Å²) in [7, 11) is 3.61. The lowest BCUT2D eigenvalue weighted by molar-refractivity contribution is 0.252. The van der Waals surface area contributed by atoms with Crippen LogP contribution in [0, 0.1) is 0 Å². The number of aromatic nitrogens is 5. The average molecular weight is 433 g/mol. The van der Waals surface area contributed by atoms with Gasteiger partial charge in [0, 0.05) is 51.5 Å². The van der Waals surface area contributed by atoms with Crippen molar-refractivity contribution in [3.8, 4) is 11.1 Å². The number of urea groups is 1. The van der Waals surface area contributed by atoms with Crippen LogP contribution in [0.1, 0.15) is 13.3 Å². The van der Waals surface area contributed by atoms with Crippen LogP contribution in [0.15, 0.2) is 34.4 Å². The molecule has 11 heteroatoms. The monoisotopic (exact) mass is 433 g/mol. The fourth-order valence-electron chi connectivity index (χ4n) is 3.99. The van der Waals surface area contributed by atoms with Crippen LogP contribution in [0.4, 0.5) is 16.4 Å². The second-order valence-corrected chi connectivity index (χ2v) is 7.65. The molecule has 1 aromatic carbocycles. The maximum absolute atomic E-state index is 12.6. The number of amides is 2. The molecule has 32 heavy (non-hydrogen) atoms. The lowest BCUT2D eigenvalue weighted by Gasteiger charge is -2.16. The second kappa shape index (κ2) is 7.52. The molecular formula is C21H23N9O2. The van der Waals surface area contributed by atoms with Crippen LogP contribution in [-0.4, -0.2) is 49.4 Å². The number of fused-ring (bicyclic) bond motifs is 2. The van der Waals surface area contributed by atoms with E-state index in [4.69, 9.17) is 0 Å². The molecule has 0 atom stereocenters. The summed E-state index contributed by atoms with van der Waals surface area (Å²) >= 11 is 0. The smallest absolute Gasteiger partial charge is 0.321 e. The van der Waals surface area contributed by atoms with Gasteiger partial charge in [0.25, 0.3) is 5.56 Å². The van der Waals surface area contributed by atoms with Crippen molar-refractivity contribution < 1.29 is 4.79 Å². The van der Waals surface area contributed by atoms with E-state index >= 15 is 0 Å². The molecule has 1 aliphatic heterocycles. The number of anilines is 2. The molecule has 3 N–H and O–H groups in total. The van der Waals surface area contributed by atoms with Crippen LogP contribution in [0.3, 0.4) is 0 Å². The number of benzene rings is 1. The van der Waals surface area contributed by atoms with Crippen molar-refractivity contribution in [1.82, 2.24) is 29.4 Å². The highest BCUT2D eigenvalue weighted by molar-refractivity contribution is 6.00. The fourth-order valence-corrected chi connectivity index (χ4v) is 3.99. The Morgan fingerprint density at radius 3 is 2.84 bits per heavy atom. The Labute approximate surface area is 182 Å². The molecule has 1 aliphatic rings. The zero-order chi connectivity index (χ0) is 22.4. The summed E-state index contributed by atoms with van der Waals surface area (Å²) in [4.78, 5) is 36.8. The van der Waals surface area contributed by atoms with E-state index in [0.29, 0.717) is 23.7 Å². The molecule has 0 radical (unpaired) electrons. The van der Waals surface area contributed by atoms with Crippen molar-refractivity contribution in [3.05, 3.63) is 34.9 Å². The quantitative estimate of drug-likeness (QED) is 0.455. The Balaban J connectivity index is 1.73. The van der Waals surface area contributed by atoms with Gasteiger partial charge in [0.1, 0.15) is 5.52 Å². The number of pyridine rings is 1. The lowest BCUT2D eigenvalue weighted by atomic mass is 10.0. The van der Waals surface area contributed by atoms with Gasteiger partial charge in [-0.25, -0.2) is 14.8 Å². The molecule has 0 saturated carbocycles. The van der Waals surface area contributed by atoms with Crippen molar-refractivity contribution in [2.24, 2.45) is 19.2 Å². The van der Waals surface area contributed by atoms with Crippen molar-refractivity contribution in [1.29, 1.82) is 0 Å². The molecule has 5 rings (SSSR count). The molecule has 0 fully saturated rings. The third-order valence-electron chi connectivity index (χ3n) is 5.50. The number of hydrogen-bond donors (Lipinski definition) is 3. The minimum Gasteiger partial charge on any atom is -0.338 e. The first-order chi connectivity index (χ1) is 15.5. The number of imidazole rings is 2. The maximum Gasteiger partial charge on any atom is 0.321 e. The van der Waals surface area contributed by atoms with Gasteiger partial charge in [-0.2, -0.15) is 5.10 Å². The first kappa shape index (κ1) is 19.8. The predicted octanol–water partition coefficient (Wildman–Crippen LogP) is 2.15. The zero-order valence-electron chi connectivity index (χ0n) is 18.0. The Kier molecular flexibility index (Phi) is 4.65. The van der Waals surface area contributed by atoms with Crippen molar-refractivity contribution in [2.75, 3.05) is 23.4 Å². The predicted molar refractivity (Wildman–Crippen MR) is 124 cm³/mol. The summed E-state index contributed by atoms with van der Waals surface area (Å²) in [5.41, 5.74) is 5.11. The molecular weight excluding hydrogens is 410 g/mol. The average Bonchev–Trinajstić information content (AvgIpc) is 3.50. The number of aryl methyl sites for hydroxylation is 2. The fraction of sp³-hybridized carbons (Fsp3) is 0.286. The van der Waals surface area contributed by atoms with Gasteiger partial charge >= 0.3 is 6.03 Å². The Morgan fingerprint density at radius 2 is 2.09 bits per heavy atom. The first-order valence-corrected chi connectivity index (χ1v) is 10.4. The molecule has 0 bridgehead atoms. The number of carbonyl (C=O) groups excluding carboxylic acids is 1. The lowest BCUT2D eigenvalue weighted by Crippen LogP contribution is -2.28. The summed E-state index contributed by atoms with van der Waals surface area (Å²) in [5.74, 6) is 0.335. The molecule has 0 aliphatic carbocycles. The summed E-state index contributed by atoms with van der Waals surface area (Å²) in [6.07, 6.45) is 4.39. The standard InChI is InChI=1S/C21H23N9O2/c1-4-22-21(32)27-20-25-14-8-12(9-15(17(14)26-20)30-7-5-6-24-30)13-10-16(31)29(3)19-18(13)28(2)11-23-19/h6,8-11H,4-5,7H2,1-3H3,(H3,22,25,26,27,32). The van der Waals surface area contributed by atoms with Gasteiger partial charge in [0.05, 0.1) is 23.0 Å². The van der Waals surface area contributed by atoms with E-state index < -0.39 is 0 Å². The van der Waals surface area contributed by atoms with E-state index in [0.717, 1.165) is 40.8 Å². The maximum atomic E-state index is 12.6. The van der Waals surface area contributed by atoms with E-state index in [2.05, 4.69) is 30.7 Å². The van der Waals surface area contributed by atoms with Gasteiger partial charge in [0.15, 0.2) is 5.65 Å². The van der Waals surface area contributed by atoms with Crippen LogP contribution < -0.4 is 21.2 Å². The van der Waals surface area contributed by atoms with Gasteiger partial charge in [0.2, 0.25) is 5.95 Å². The molecule has 164 valence electrons. The molecule has 11 nitrogen and oxygen atoms in total. The van der Waals surface area contributed by atoms with E-state index in [1.165, 1.54) is 4.57 Å². The van der Waals surface area contributed by atoms with Gasteiger partial charge in [-0.05, 0) is 24.6 Å². The minimum absolute atomic E-state index is 0.143. The van der Waals surface area contributed by atoms with Crippen LogP contribution in [0.25, 0.3) is 33.3 Å². The Hall–Kier alpha value is -4.15. The normalized spacial score (nSPS) is 13.4. The molecule has 0 saturated heterocycles.